The molecule has 1 aliphatic rings. The van der Waals surface area contributed by atoms with Crippen LogP contribution in [0.15, 0.2) is 24.3 Å². The number of carbonyl (C=O) groups excluding carboxylic acids is 1. The predicted octanol–water partition coefficient (Wildman–Crippen LogP) is 2.50. The molecule has 0 unspecified atom stereocenters. The van der Waals surface area contributed by atoms with E-state index in [0.29, 0.717) is 6.54 Å². The molecule has 5 nitrogen and oxygen atoms in total. The molecule has 18 heavy (non-hydrogen) atoms. The minimum absolute atomic E-state index is 0.118. The Morgan fingerprint density at radius 3 is 2.67 bits per heavy atom. The maximum absolute atomic E-state index is 11.9. The van der Waals surface area contributed by atoms with Crippen molar-refractivity contribution in [3.8, 4) is 0 Å². The molecule has 0 spiro atoms. The van der Waals surface area contributed by atoms with Gasteiger partial charge in [-0.25, -0.2) is 0 Å². The molecule has 1 aliphatic carbocycles. The average molecular weight is 313 g/mol. The summed E-state index contributed by atoms with van der Waals surface area (Å²) >= 11 is 3.42. The molecule has 1 amide bonds. The molecule has 1 N–H and O–H groups in total. The van der Waals surface area contributed by atoms with E-state index in [2.05, 4.69) is 21.2 Å². The summed E-state index contributed by atoms with van der Waals surface area (Å²) < 4.78 is 0. The first-order chi connectivity index (χ1) is 8.58. The van der Waals surface area contributed by atoms with Gasteiger partial charge >= 0.3 is 0 Å². The second kappa shape index (κ2) is 5.06. The number of para-hydroxylation sites is 1. The lowest BCUT2D eigenvalue weighted by molar-refractivity contribution is -0.385. The number of rotatable bonds is 5. The monoisotopic (exact) mass is 312 g/mol. The Morgan fingerprint density at radius 1 is 1.44 bits per heavy atom. The van der Waals surface area contributed by atoms with Crippen LogP contribution in [0.2, 0.25) is 0 Å². The van der Waals surface area contributed by atoms with Crippen molar-refractivity contribution in [3.05, 3.63) is 39.9 Å². The summed E-state index contributed by atoms with van der Waals surface area (Å²) in [5.74, 6) is -0.380. The van der Waals surface area contributed by atoms with Gasteiger partial charge in [0.05, 0.1) is 4.92 Å². The first-order valence-electron chi connectivity index (χ1n) is 5.66. The largest absolute Gasteiger partial charge is 0.351 e. The summed E-state index contributed by atoms with van der Waals surface area (Å²) in [6, 6.07) is 5.99. The Morgan fingerprint density at radius 2 is 2.11 bits per heavy atom. The molecule has 0 heterocycles. The Kier molecular flexibility index (Phi) is 3.65. The molecule has 1 aromatic carbocycles. The molecule has 96 valence electrons. The van der Waals surface area contributed by atoms with E-state index < -0.39 is 4.92 Å². The van der Waals surface area contributed by atoms with Crippen LogP contribution in [-0.2, 0) is 0 Å². The van der Waals surface area contributed by atoms with Gasteiger partial charge in [0, 0.05) is 17.9 Å². The van der Waals surface area contributed by atoms with Gasteiger partial charge in [-0.2, -0.15) is 0 Å². The van der Waals surface area contributed by atoms with Crippen molar-refractivity contribution in [1.29, 1.82) is 0 Å². The third-order valence-electron chi connectivity index (χ3n) is 3.21. The van der Waals surface area contributed by atoms with E-state index in [4.69, 9.17) is 0 Å². The molecule has 0 atom stereocenters. The zero-order chi connectivity index (χ0) is 13.2. The second-order valence-corrected chi connectivity index (χ2v) is 5.15. The Bertz CT molecular complexity index is 486. The molecule has 0 bridgehead atoms. The van der Waals surface area contributed by atoms with Gasteiger partial charge in [0.1, 0.15) is 5.56 Å². The van der Waals surface area contributed by atoms with E-state index in [0.717, 1.165) is 18.2 Å². The van der Waals surface area contributed by atoms with Crippen molar-refractivity contribution >= 4 is 27.5 Å². The number of amides is 1. The van der Waals surface area contributed by atoms with Crippen LogP contribution >= 0.6 is 15.9 Å². The summed E-state index contributed by atoms with van der Waals surface area (Å²) in [7, 11) is 0. The lowest BCUT2D eigenvalue weighted by Gasteiger charge is -2.12. The topological polar surface area (TPSA) is 72.2 Å². The highest BCUT2D eigenvalue weighted by atomic mass is 79.9. The molecule has 2 rings (SSSR count). The SMILES string of the molecule is O=C(NCC1(CBr)CC1)c1ccccc1[N+](=O)[O-]. The van der Waals surface area contributed by atoms with Gasteiger partial charge < -0.3 is 5.32 Å². The summed E-state index contributed by atoms with van der Waals surface area (Å²) in [6.07, 6.45) is 2.16. The highest BCUT2D eigenvalue weighted by molar-refractivity contribution is 9.09. The van der Waals surface area contributed by atoms with Crippen molar-refractivity contribution in [3.63, 3.8) is 0 Å². The van der Waals surface area contributed by atoms with Gasteiger partial charge in [-0.15, -0.1) is 0 Å². The third-order valence-corrected chi connectivity index (χ3v) is 4.40. The number of nitro benzene ring substituents is 1. The van der Waals surface area contributed by atoms with Gasteiger partial charge in [0.15, 0.2) is 0 Å². The molecule has 0 radical (unpaired) electrons. The van der Waals surface area contributed by atoms with Crippen LogP contribution in [0.1, 0.15) is 23.2 Å². The number of carbonyl (C=O) groups is 1. The number of nitrogens with zero attached hydrogens (tertiary/aromatic N) is 1. The fourth-order valence-electron chi connectivity index (χ4n) is 1.72. The van der Waals surface area contributed by atoms with Gasteiger partial charge in [-0.3, -0.25) is 14.9 Å². The minimum atomic E-state index is -0.535. The van der Waals surface area contributed by atoms with Crippen molar-refractivity contribution in [2.75, 3.05) is 11.9 Å². The van der Waals surface area contributed by atoms with E-state index in [-0.39, 0.29) is 22.6 Å². The number of hydrogen-bond donors (Lipinski definition) is 1. The van der Waals surface area contributed by atoms with Crippen LogP contribution < -0.4 is 5.32 Å². The Balaban J connectivity index is 2.07. The predicted molar refractivity (Wildman–Crippen MR) is 70.9 cm³/mol. The number of hydrogen-bond acceptors (Lipinski definition) is 3. The van der Waals surface area contributed by atoms with Gasteiger partial charge in [0.2, 0.25) is 0 Å². The van der Waals surface area contributed by atoms with E-state index in [1.54, 1.807) is 12.1 Å². The van der Waals surface area contributed by atoms with E-state index in [1.807, 2.05) is 0 Å². The molecular weight excluding hydrogens is 300 g/mol. The van der Waals surface area contributed by atoms with Crippen LogP contribution in [0.4, 0.5) is 5.69 Å². The molecule has 1 saturated carbocycles. The Labute approximate surface area is 113 Å². The first kappa shape index (κ1) is 13.0. The lowest BCUT2D eigenvalue weighted by atomic mass is 10.1. The quantitative estimate of drug-likeness (QED) is 0.516. The molecule has 1 fully saturated rings. The van der Waals surface area contributed by atoms with Crippen molar-refractivity contribution in [2.45, 2.75) is 12.8 Å². The number of nitro groups is 1. The number of benzene rings is 1. The number of halogens is 1. The first-order valence-corrected chi connectivity index (χ1v) is 6.78. The van der Waals surface area contributed by atoms with Crippen molar-refractivity contribution < 1.29 is 9.72 Å². The maximum Gasteiger partial charge on any atom is 0.282 e. The van der Waals surface area contributed by atoms with Crippen LogP contribution in [0.5, 0.6) is 0 Å². The van der Waals surface area contributed by atoms with Gasteiger partial charge in [-0.1, -0.05) is 28.1 Å². The number of alkyl halides is 1. The molecule has 0 aliphatic heterocycles. The minimum Gasteiger partial charge on any atom is -0.351 e. The normalized spacial score (nSPS) is 16.1. The summed E-state index contributed by atoms with van der Waals surface area (Å²) in [5.41, 5.74) is 0.116. The van der Waals surface area contributed by atoms with Crippen LogP contribution in [0, 0.1) is 15.5 Å². The number of nitrogens with one attached hydrogen (secondary N) is 1. The average Bonchev–Trinajstić information content (AvgIpc) is 3.16. The summed E-state index contributed by atoms with van der Waals surface area (Å²) in [5, 5.41) is 14.4. The van der Waals surface area contributed by atoms with Gasteiger partial charge in [0.25, 0.3) is 11.6 Å². The highest BCUT2D eigenvalue weighted by Gasteiger charge is 2.41. The molecule has 0 aromatic heterocycles. The van der Waals surface area contributed by atoms with E-state index in [1.165, 1.54) is 12.1 Å². The zero-order valence-corrected chi connectivity index (χ0v) is 11.3. The fraction of sp³-hybridized carbons (Fsp3) is 0.417. The second-order valence-electron chi connectivity index (χ2n) is 4.59. The van der Waals surface area contributed by atoms with Crippen LogP contribution in [0.25, 0.3) is 0 Å². The van der Waals surface area contributed by atoms with E-state index >= 15 is 0 Å². The fourth-order valence-corrected chi connectivity index (χ4v) is 2.48. The van der Waals surface area contributed by atoms with Crippen LogP contribution in [0.3, 0.4) is 0 Å². The summed E-state index contributed by atoms with van der Waals surface area (Å²) in [4.78, 5) is 22.2. The Hall–Kier alpha value is -1.43. The molecule has 1 aromatic rings. The highest BCUT2D eigenvalue weighted by Crippen LogP contribution is 2.46. The third kappa shape index (κ3) is 2.69. The lowest BCUT2D eigenvalue weighted by Crippen LogP contribution is -2.31. The van der Waals surface area contributed by atoms with Crippen LogP contribution in [-0.4, -0.2) is 22.7 Å². The maximum atomic E-state index is 11.9. The zero-order valence-electron chi connectivity index (χ0n) is 9.69. The van der Waals surface area contributed by atoms with Gasteiger partial charge in [-0.05, 0) is 24.3 Å². The summed E-state index contributed by atoms with van der Waals surface area (Å²) in [6.45, 7) is 0.559. The van der Waals surface area contributed by atoms with E-state index in [9.17, 15) is 14.9 Å². The van der Waals surface area contributed by atoms with Crippen molar-refractivity contribution in [1.82, 2.24) is 5.32 Å². The molecule has 0 saturated heterocycles. The standard InChI is InChI=1S/C12H13BrN2O3/c13-7-12(5-6-12)8-14-11(16)9-3-1-2-4-10(9)15(17)18/h1-4H,5-8H2,(H,14,16). The van der Waals surface area contributed by atoms with Crippen molar-refractivity contribution in [2.24, 2.45) is 5.41 Å². The molecular formula is C12H13BrN2O3. The molecule has 6 heteroatoms. The smallest absolute Gasteiger partial charge is 0.282 e.